The Bertz CT molecular complexity index is 943. The Morgan fingerprint density at radius 3 is 2.55 bits per heavy atom. The third-order valence-corrected chi connectivity index (χ3v) is 6.72. The van der Waals surface area contributed by atoms with Crippen molar-refractivity contribution in [3.8, 4) is 0 Å². The normalized spacial score (nSPS) is 19.4. The van der Waals surface area contributed by atoms with Crippen molar-refractivity contribution in [2.75, 3.05) is 30.9 Å². The molecule has 0 aliphatic heterocycles. The maximum atomic E-state index is 4.79. The third-order valence-electron chi connectivity index (χ3n) is 5.71. The summed E-state index contributed by atoms with van der Waals surface area (Å²) < 4.78 is 0. The van der Waals surface area contributed by atoms with Gasteiger partial charge in [0.15, 0.2) is 0 Å². The molecule has 1 aliphatic carbocycles. The molecule has 0 amide bonds. The predicted molar refractivity (Wildman–Crippen MR) is 124 cm³/mol. The van der Waals surface area contributed by atoms with E-state index in [1.807, 2.05) is 37.6 Å². The fourth-order valence-electron chi connectivity index (χ4n) is 4.14. The number of aromatic nitrogens is 2. The first-order chi connectivity index (χ1) is 14.1. The zero-order valence-electron chi connectivity index (χ0n) is 17.6. The van der Waals surface area contributed by atoms with Crippen LogP contribution in [0.2, 0.25) is 0 Å². The quantitative estimate of drug-likeness (QED) is 0.586. The van der Waals surface area contributed by atoms with E-state index in [2.05, 4.69) is 46.7 Å². The molecule has 3 aromatic rings. The number of fused-ring (bicyclic) bond motifs is 1. The molecular weight excluding hydrogens is 378 g/mol. The minimum absolute atomic E-state index is 0.461. The van der Waals surface area contributed by atoms with Gasteiger partial charge < -0.3 is 15.5 Å². The average Bonchev–Trinajstić information content (AvgIpc) is 3.13. The van der Waals surface area contributed by atoms with Gasteiger partial charge in [0.1, 0.15) is 5.82 Å². The summed E-state index contributed by atoms with van der Waals surface area (Å²) in [5.41, 5.74) is 0.996. The Kier molecular flexibility index (Phi) is 6.31. The average molecular weight is 410 g/mol. The second-order valence-electron chi connectivity index (χ2n) is 8.29. The van der Waals surface area contributed by atoms with E-state index < -0.39 is 0 Å². The van der Waals surface area contributed by atoms with Crippen LogP contribution in [0, 0.1) is 12.8 Å². The van der Waals surface area contributed by atoms with Crippen molar-refractivity contribution in [2.24, 2.45) is 5.92 Å². The second kappa shape index (κ2) is 9.09. The highest BCUT2D eigenvalue weighted by Gasteiger charge is 2.22. The molecule has 6 heteroatoms. The Morgan fingerprint density at radius 1 is 1.03 bits per heavy atom. The molecule has 1 fully saturated rings. The summed E-state index contributed by atoms with van der Waals surface area (Å²) >= 11 is 1.89. The molecule has 0 radical (unpaired) electrons. The Morgan fingerprint density at radius 2 is 1.83 bits per heavy atom. The van der Waals surface area contributed by atoms with E-state index in [0.29, 0.717) is 6.04 Å². The molecule has 154 valence electrons. The fraction of sp³-hybridized carbons (Fsp3) is 0.478. The maximum absolute atomic E-state index is 4.79. The van der Waals surface area contributed by atoms with Gasteiger partial charge >= 0.3 is 0 Å². The maximum Gasteiger partial charge on any atom is 0.225 e. The second-order valence-corrected chi connectivity index (χ2v) is 9.66. The Balaban J connectivity index is 1.30. The van der Waals surface area contributed by atoms with Gasteiger partial charge in [-0.25, -0.2) is 4.98 Å². The smallest absolute Gasteiger partial charge is 0.225 e. The highest BCUT2D eigenvalue weighted by atomic mass is 32.1. The monoisotopic (exact) mass is 409 g/mol. The third kappa shape index (κ3) is 5.06. The minimum Gasteiger partial charge on any atom is -0.362 e. The minimum atomic E-state index is 0.461. The number of nitrogens with zero attached hydrogens (tertiary/aromatic N) is 3. The number of benzene rings is 1. The lowest BCUT2D eigenvalue weighted by Crippen LogP contribution is -2.31. The SMILES string of the molecule is Cc1ccc(CNC[C@H]2CC[C@@H](Nc3nc(N(C)C)c4ccccc4n3)CC2)s1. The molecule has 2 heterocycles. The van der Waals surface area contributed by atoms with Gasteiger partial charge in [-0.1, -0.05) is 12.1 Å². The summed E-state index contributed by atoms with van der Waals surface area (Å²) in [4.78, 5) is 14.4. The standard InChI is InChI=1S/C23H31N5S/c1-16-8-13-19(29-16)15-24-14-17-9-11-18(12-10-17)25-23-26-21-7-5-4-6-20(21)22(27-23)28(2)3/h4-8,13,17-18,24H,9-12,14-15H2,1-3H3,(H,25,26,27)/t17-,18+. The number of anilines is 2. The highest BCUT2D eigenvalue weighted by Crippen LogP contribution is 2.28. The Hall–Kier alpha value is -2.18. The van der Waals surface area contributed by atoms with Crippen LogP contribution in [0.15, 0.2) is 36.4 Å². The van der Waals surface area contributed by atoms with Gasteiger partial charge in [0.05, 0.1) is 5.52 Å². The summed E-state index contributed by atoms with van der Waals surface area (Å²) in [6, 6.07) is 13.1. The molecule has 0 unspecified atom stereocenters. The van der Waals surface area contributed by atoms with Crippen LogP contribution in [0.5, 0.6) is 0 Å². The van der Waals surface area contributed by atoms with Gasteiger partial charge in [-0.15, -0.1) is 11.3 Å². The summed E-state index contributed by atoms with van der Waals surface area (Å²) in [5, 5.41) is 8.35. The van der Waals surface area contributed by atoms with Crippen molar-refractivity contribution >= 4 is 34.0 Å². The molecule has 1 aliphatic rings. The first-order valence-corrected chi connectivity index (χ1v) is 11.4. The number of nitrogens with one attached hydrogen (secondary N) is 2. The lowest BCUT2D eigenvalue weighted by atomic mass is 9.86. The lowest BCUT2D eigenvalue weighted by Gasteiger charge is -2.29. The van der Waals surface area contributed by atoms with Crippen molar-refractivity contribution in [1.29, 1.82) is 0 Å². The topological polar surface area (TPSA) is 53.1 Å². The number of rotatable bonds is 7. The molecule has 5 nitrogen and oxygen atoms in total. The van der Waals surface area contributed by atoms with Crippen LogP contribution in [0.1, 0.15) is 35.4 Å². The lowest BCUT2D eigenvalue weighted by molar-refractivity contribution is 0.324. The zero-order valence-corrected chi connectivity index (χ0v) is 18.4. The Labute approximate surface area is 177 Å². The van der Waals surface area contributed by atoms with Crippen molar-refractivity contribution in [1.82, 2.24) is 15.3 Å². The van der Waals surface area contributed by atoms with Gasteiger partial charge in [0.2, 0.25) is 5.95 Å². The molecule has 0 atom stereocenters. The van der Waals surface area contributed by atoms with Crippen LogP contribution in [0.3, 0.4) is 0 Å². The van der Waals surface area contributed by atoms with Crippen molar-refractivity contribution in [3.05, 3.63) is 46.2 Å². The van der Waals surface area contributed by atoms with Crippen LogP contribution in [-0.2, 0) is 6.54 Å². The van der Waals surface area contributed by atoms with E-state index in [1.54, 1.807) is 0 Å². The van der Waals surface area contributed by atoms with E-state index in [-0.39, 0.29) is 0 Å². The number of hydrogen-bond acceptors (Lipinski definition) is 6. The molecule has 0 saturated heterocycles. The molecule has 0 spiro atoms. The summed E-state index contributed by atoms with van der Waals surface area (Å²) in [6.45, 7) is 4.28. The van der Waals surface area contributed by atoms with Gasteiger partial charge in [0, 0.05) is 41.8 Å². The zero-order chi connectivity index (χ0) is 20.2. The molecular formula is C23H31N5S. The number of hydrogen-bond donors (Lipinski definition) is 2. The molecule has 29 heavy (non-hydrogen) atoms. The van der Waals surface area contributed by atoms with E-state index in [0.717, 1.165) is 41.7 Å². The molecule has 4 rings (SSSR count). The first-order valence-electron chi connectivity index (χ1n) is 10.5. The molecule has 2 N–H and O–H groups in total. The van der Waals surface area contributed by atoms with Gasteiger partial charge in [-0.2, -0.15) is 4.98 Å². The van der Waals surface area contributed by atoms with E-state index >= 15 is 0 Å². The molecule has 1 saturated carbocycles. The summed E-state index contributed by atoms with van der Waals surface area (Å²) in [7, 11) is 4.07. The molecule has 0 bridgehead atoms. The number of aryl methyl sites for hydroxylation is 1. The van der Waals surface area contributed by atoms with Crippen molar-refractivity contribution in [3.63, 3.8) is 0 Å². The fourth-order valence-corrected chi connectivity index (χ4v) is 5.00. The van der Waals surface area contributed by atoms with Crippen LogP contribution in [0.4, 0.5) is 11.8 Å². The largest absolute Gasteiger partial charge is 0.362 e. The van der Waals surface area contributed by atoms with E-state index in [4.69, 9.17) is 9.97 Å². The van der Waals surface area contributed by atoms with Gasteiger partial charge in [-0.05, 0) is 69.3 Å². The highest BCUT2D eigenvalue weighted by molar-refractivity contribution is 7.11. The van der Waals surface area contributed by atoms with Gasteiger partial charge in [-0.3, -0.25) is 0 Å². The van der Waals surface area contributed by atoms with Crippen LogP contribution >= 0.6 is 11.3 Å². The van der Waals surface area contributed by atoms with Crippen LogP contribution < -0.4 is 15.5 Å². The van der Waals surface area contributed by atoms with E-state index in [1.165, 1.54) is 35.4 Å². The number of para-hydroxylation sites is 1. The van der Waals surface area contributed by atoms with Gasteiger partial charge in [0.25, 0.3) is 0 Å². The van der Waals surface area contributed by atoms with Crippen molar-refractivity contribution < 1.29 is 0 Å². The van der Waals surface area contributed by atoms with Crippen LogP contribution in [-0.4, -0.2) is 36.6 Å². The van der Waals surface area contributed by atoms with Crippen molar-refractivity contribution in [2.45, 2.75) is 45.2 Å². The summed E-state index contributed by atoms with van der Waals surface area (Å²) in [6.07, 6.45) is 4.86. The van der Waals surface area contributed by atoms with Crippen LogP contribution in [0.25, 0.3) is 10.9 Å². The molecule has 2 aromatic heterocycles. The molecule has 1 aromatic carbocycles. The predicted octanol–water partition coefficient (Wildman–Crippen LogP) is 4.83. The van der Waals surface area contributed by atoms with E-state index in [9.17, 15) is 0 Å². The summed E-state index contributed by atoms with van der Waals surface area (Å²) in [5.74, 6) is 2.49. The first kappa shape index (κ1) is 20.1. The number of thiophene rings is 1.